The van der Waals surface area contributed by atoms with E-state index < -0.39 is 0 Å². The second-order valence-corrected chi connectivity index (χ2v) is 19.7. The van der Waals surface area contributed by atoms with Crippen LogP contribution in [0.5, 0.6) is 0 Å². The quantitative estimate of drug-likeness (QED) is 0.144. The Balaban J connectivity index is 0.770. The molecular formula is C72H47N3O. The zero-order chi connectivity index (χ0) is 50.1. The highest BCUT2D eigenvalue weighted by Gasteiger charge is 2.18. The molecule has 3 heterocycles. The van der Waals surface area contributed by atoms with Gasteiger partial charge >= 0.3 is 0 Å². The van der Waals surface area contributed by atoms with Gasteiger partial charge in [0.1, 0.15) is 11.2 Å². The molecule has 0 saturated heterocycles. The van der Waals surface area contributed by atoms with E-state index in [0.717, 1.165) is 66.9 Å². The van der Waals surface area contributed by atoms with E-state index in [1.807, 2.05) is 12.1 Å². The van der Waals surface area contributed by atoms with Crippen molar-refractivity contribution in [3.05, 3.63) is 285 Å². The lowest BCUT2D eigenvalue weighted by molar-refractivity contribution is 0.669. The maximum Gasteiger partial charge on any atom is 0.135 e. The topological polar surface area (TPSA) is 26.2 Å². The van der Waals surface area contributed by atoms with Crippen LogP contribution in [-0.2, 0) is 0 Å². The van der Waals surface area contributed by atoms with Crippen molar-refractivity contribution in [3.8, 4) is 55.9 Å². The Morgan fingerprint density at radius 2 is 0.579 bits per heavy atom. The Kier molecular flexibility index (Phi) is 10.2. The van der Waals surface area contributed by atoms with Gasteiger partial charge in [-0.3, -0.25) is 0 Å². The van der Waals surface area contributed by atoms with Gasteiger partial charge in [0, 0.05) is 60.8 Å². The Hall–Kier alpha value is -10.2. The van der Waals surface area contributed by atoms with E-state index in [-0.39, 0.29) is 0 Å². The smallest absolute Gasteiger partial charge is 0.135 e. The summed E-state index contributed by atoms with van der Waals surface area (Å²) in [5.41, 5.74) is 21.5. The number of rotatable bonds is 9. The van der Waals surface area contributed by atoms with Crippen LogP contribution < -0.4 is 4.90 Å². The molecule has 4 heteroatoms. The number of anilines is 3. The third-order valence-corrected chi connectivity index (χ3v) is 15.3. The van der Waals surface area contributed by atoms with Crippen molar-refractivity contribution >= 4 is 82.6 Å². The molecule has 15 rings (SSSR count). The van der Waals surface area contributed by atoms with Gasteiger partial charge in [-0.2, -0.15) is 0 Å². The molecule has 0 unspecified atom stereocenters. The fourth-order valence-electron chi connectivity index (χ4n) is 11.6. The van der Waals surface area contributed by atoms with Crippen LogP contribution in [0.25, 0.3) is 121 Å². The molecule has 0 bridgehead atoms. The highest BCUT2D eigenvalue weighted by molar-refractivity contribution is 6.12. The molecule has 0 aliphatic heterocycles. The van der Waals surface area contributed by atoms with Crippen LogP contribution in [0.15, 0.2) is 290 Å². The van der Waals surface area contributed by atoms with Gasteiger partial charge in [-0.25, -0.2) is 0 Å². The predicted octanol–water partition coefficient (Wildman–Crippen LogP) is 19.9. The second kappa shape index (κ2) is 17.8. The van der Waals surface area contributed by atoms with E-state index in [0.29, 0.717) is 0 Å². The molecule has 15 aromatic rings. The summed E-state index contributed by atoms with van der Waals surface area (Å²) in [6.07, 6.45) is 0. The first kappa shape index (κ1) is 43.4. The van der Waals surface area contributed by atoms with Gasteiger partial charge < -0.3 is 18.5 Å². The molecule has 0 aliphatic carbocycles. The molecule has 356 valence electrons. The lowest BCUT2D eigenvalue weighted by atomic mass is 9.98. The fourth-order valence-corrected chi connectivity index (χ4v) is 11.6. The molecule has 12 aromatic carbocycles. The molecule has 76 heavy (non-hydrogen) atoms. The predicted molar refractivity (Wildman–Crippen MR) is 319 cm³/mol. The molecule has 0 spiro atoms. The average Bonchev–Trinajstić information content (AvgIpc) is 4.21. The van der Waals surface area contributed by atoms with Gasteiger partial charge in [0.2, 0.25) is 0 Å². The summed E-state index contributed by atoms with van der Waals surface area (Å²) < 4.78 is 10.9. The lowest BCUT2D eigenvalue weighted by Gasteiger charge is -2.26. The monoisotopic (exact) mass is 969 g/mol. The SMILES string of the molecule is c1ccc(-n2c3ccccc3c3cc(-c4ccc(-c5ccc(N(c6ccc(-c7ccc8oc9ccccc9c8c7)cc6)c6ccc(-c7ccc8c9ccccc9n(-c9ccccc9)c8c7)cc6)cc5)cc4)ccc32)cc1. The molecule has 0 radical (unpaired) electrons. The summed E-state index contributed by atoms with van der Waals surface area (Å²) in [6.45, 7) is 0. The zero-order valence-corrected chi connectivity index (χ0v) is 41.4. The van der Waals surface area contributed by atoms with Crippen molar-refractivity contribution in [2.24, 2.45) is 0 Å². The first-order valence-corrected chi connectivity index (χ1v) is 26.0. The van der Waals surface area contributed by atoms with Gasteiger partial charge in [-0.1, -0.05) is 176 Å². The minimum Gasteiger partial charge on any atom is -0.456 e. The van der Waals surface area contributed by atoms with Crippen LogP contribution in [0.1, 0.15) is 0 Å². The molecule has 0 N–H and O–H groups in total. The Morgan fingerprint density at radius 3 is 1.14 bits per heavy atom. The van der Waals surface area contributed by atoms with E-state index in [9.17, 15) is 0 Å². The normalized spacial score (nSPS) is 11.7. The van der Waals surface area contributed by atoms with Gasteiger partial charge in [-0.05, 0) is 154 Å². The minimum absolute atomic E-state index is 0.899. The van der Waals surface area contributed by atoms with E-state index >= 15 is 0 Å². The van der Waals surface area contributed by atoms with Crippen molar-refractivity contribution in [3.63, 3.8) is 0 Å². The number of benzene rings is 12. The van der Waals surface area contributed by atoms with Gasteiger partial charge in [-0.15, -0.1) is 0 Å². The van der Waals surface area contributed by atoms with Gasteiger partial charge in [0.15, 0.2) is 0 Å². The molecule has 0 atom stereocenters. The van der Waals surface area contributed by atoms with Gasteiger partial charge in [0.25, 0.3) is 0 Å². The third kappa shape index (κ3) is 7.30. The lowest BCUT2D eigenvalue weighted by Crippen LogP contribution is -2.09. The van der Waals surface area contributed by atoms with Crippen LogP contribution in [0, 0.1) is 0 Å². The number of nitrogens with zero attached hydrogens (tertiary/aromatic N) is 3. The molecule has 0 saturated carbocycles. The molecular weight excluding hydrogens is 923 g/mol. The van der Waals surface area contributed by atoms with E-state index in [1.54, 1.807) is 0 Å². The first-order chi connectivity index (χ1) is 37.7. The van der Waals surface area contributed by atoms with Crippen molar-refractivity contribution in [2.45, 2.75) is 0 Å². The number of fused-ring (bicyclic) bond motifs is 9. The largest absolute Gasteiger partial charge is 0.456 e. The van der Waals surface area contributed by atoms with Crippen LogP contribution in [0.2, 0.25) is 0 Å². The second-order valence-electron chi connectivity index (χ2n) is 19.7. The number of aromatic nitrogens is 2. The van der Waals surface area contributed by atoms with Crippen LogP contribution >= 0.6 is 0 Å². The molecule has 0 fully saturated rings. The van der Waals surface area contributed by atoms with E-state index in [2.05, 4.69) is 287 Å². The van der Waals surface area contributed by atoms with Crippen molar-refractivity contribution in [1.82, 2.24) is 9.13 Å². The summed E-state index contributed by atoms with van der Waals surface area (Å²) >= 11 is 0. The van der Waals surface area contributed by atoms with Crippen LogP contribution in [0.4, 0.5) is 17.1 Å². The summed E-state index contributed by atoms with van der Waals surface area (Å²) in [6, 6.07) is 103. The first-order valence-electron chi connectivity index (χ1n) is 26.0. The summed E-state index contributed by atoms with van der Waals surface area (Å²) in [7, 11) is 0. The minimum atomic E-state index is 0.899. The molecule has 4 nitrogen and oxygen atoms in total. The third-order valence-electron chi connectivity index (χ3n) is 15.3. The average molecular weight is 970 g/mol. The fraction of sp³-hybridized carbons (Fsp3) is 0. The van der Waals surface area contributed by atoms with Gasteiger partial charge in [0.05, 0.1) is 22.1 Å². The van der Waals surface area contributed by atoms with Crippen LogP contribution in [0.3, 0.4) is 0 Å². The highest BCUT2D eigenvalue weighted by Crippen LogP contribution is 2.41. The molecule has 3 aromatic heterocycles. The highest BCUT2D eigenvalue weighted by atomic mass is 16.3. The number of furan rings is 1. The summed E-state index contributed by atoms with van der Waals surface area (Å²) in [5, 5.41) is 7.25. The summed E-state index contributed by atoms with van der Waals surface area (Å²) in [4.78, 5) is 2.36. The zero-order valence-electron chi connectivity index (χ0n) is 41.4. The number of para-hydroxylation sites is 5. The Morgan fingerprint density at radius 1 is 0.224 bits per heavy atom. The maximum absolute atomic E-state index is 6.17. The molecule has 0 aliphatic rings. The Bertz CT molecular complexity index is 4640. The van der Waals surface area contributed by atoms with E-state index in [4.69, 9.17) is 4.42 Å². The maximum atomic E-state index is 6.17. The Labute approximate surface area is 439 Å². The van der Waals surface area contributed by atoms with Crippen molar-refractivity contribution in [2.75, 3.05) is 4.90 Å². The standard InChI is InChI=1S/C72H47N3O/c1-3-13-56(14-4-1)74-68-21-11-8-18-62(68)65-45-53(34-43-69(65)74)50-25-23-48(24-26-50)49-27-36-58(37-28-49)73(59-38-29-51(30-39-59)54-35-44-72-66(46-54)64-19-9-12-22-71(64)76-72)60-40-31-52(32-41-60)55-33-42-63-61-17-7-10-20-67(61)75(70(63)47-55)57-15-5-2-6-16-57/h1-47H. The van der Waals surface area contributed by atoms with E-state index in [1.165, 1.54) is 71.6 Å². The number of hydrogen-bond acceptors (Lipinski definition) is 2. The van der Waals surface area contributed by atoms with Crippen molar-refractivity contribution < 1.29 is 4.42 Å². The number of hydrogen-bond donors (Lipinski definition) is 0. The van der Waals surface area contributed by atoms with Crippen molar-refractivity contribution in [1.29, 1.82) is 0 Å². The van der Waals surface area contributed by atoms with Crippen LogP contribution in [-0.4, -0.2) is 9.13 Å². The summed E-state index contributed by atoms with van der Waals surface area (Å²) in [5.74, 6) is 0. The molecule has 0 amide bonds.